The average Bonchev–Trinajstić information content (AvgIpc) is 3.16. The van der Waals surface area contributed by atoms with Crippen molar-refractivity contribution < 1.29 is 4.79 Å². The number of nitrogens with one attached hydrogen (secondary N) is 1. The van der Waals surface area contributed by atoms with Crippen molar-refractivity contribution in [1.29, 1.82) is 0 Å². The fourth-order valence-corrected chi connectivity index (χ4v) is 2.84. The van der Waals surface area contributed by atoms with E-state index in [1.165, 1.54) is 0 Å². The lowest BCUT2D eigenvalue weighted by Crippen LogP contribution is -2.42. The van der Waals surface area contributed by atoms with Crippen molar-refractivity contribution in [2.75, 3.05) is 18.8 Å². The minimum atomic E-state index is -0.0222. The Morgan fingerprint density at radius 3 is 2.52 bits per heavy atom. The number of nitrogens with zero attached hydrogens (tertiary/aromatic N) is 2. The summed E-state index contributed by atoms with van der Waals surface area (Å²) in [5.74, 6) is -0.0222. The molecule has 2 rings (SSSR count). The Kier molecular flexibility index (Phi) is 4.93. The van der Waals surface area contributed by atoms with Crippen LogP contribution in [0.15, 0.2) is 12.3 Å². The van der Waals surface area contributed by atoms with E-state index in [-0.39, 0.29) is 5.91 Å². The zero-order valence-electron chi connectivity index (χ0n) is 13.6. The SMILES string of the molecule is CC(C)N(CCNC(=O)c1cc(N)cn1C1CC1)C(C)C. The summed E-state index contributed by atoms with van der Waals surface area (Å²) in [5.41, 5.74) is 7.19. The maximum atomic E-state index is 12.3. The number of rotatable bonds is 7. The summed E-state index contributed by atoms with van der Waals surface area (Å²) < 4.78 is 2.02. The maximum absolute atomic E-state index is 12.3. The Labute approximate surface area is 127 Å². The normalized spacial score (nSPS) is 15.2. The highest BCUT2D eigenvalue weighted by molar-refractivity contribution is 5.93. The Hall–Kier alpha value is -1.49. The number of carbonyl (C=O) groups excluding carboxylic acids is 1. The Morgan fingerprint density at radius 1 is 1.38 bits per heavy atom. The molecule has 0 spiro atoms. The van der Waals surface area contributed by atoms with E-state index >= 15 is 0 Å². The molecule has 1 fully saturated rings. The van der Waals surface area contributed by atoms with Gasteiger partial charge in [0.1, 0.15) is 5.69 Å². The third-order valence-electron chi connectivity index (χ3n) is 4.02. The van der Waals surface area contributed by atoms with Crippen LogP contribution >= 0.6 is 0 Å². The first-order valence-electron chi connectivity index (χ1n) is 7.91. The van der Waals surface area contributed by atoms with Crippen molar-refractivity contribution in [3.63, 3.8) is 0 Å². The number of nitrogen functional groups attached to an aromatic ring is 1. The molecule has 1 heterocycles. The van der Waals surface area contributed by atoms with E-state index in [9.17, 15) is 4.79 Å². The van der Waals surface area contributed by atoms with E-state index in [2.05, 4.69) is 37.9 Å². The molecule has 0 aliphatic heterocycles. The molecule has 1 aromatic heterocycles. The lowest BCUT2D eigenvalue weighted by atomic mass is 10.2. The zero-order valence-corrected chi connectivity index (χ0v) is 13.6. The molecule has 5 heteroatoms. The summed E-state index contributed by atoms with van der Waals surface area (Å²) in [6, 6.07) is 3.20. The van der Waals surface area contributed by atoms with Crippen molar-refractivity contribution in [1.82, 2.24) is 14.8 Å². The summed E-state index contributed by atoms with van der Waals surface area (Å²) in [7, 11) is 0. The lowest BCUT2D eigenvalue weighted by molar-refractivity contribution is 0.0930. The molecule has 1 saturated carbocycles. The Morgan fingerprint density at radius 2 is 2.00 bits per heavy atom. The topological polar surface area (TPSA) is 63.3 Å². The molecule has 3 N–H and O–H groups in total. The second-order valence-electron chi connectivity index (χ2n) is 6.48. The van der Waals surface area contributed by atoms with Gasteiger partial charge in [0.2, 0.25) is 0 Å². The first-order chi connectivity index (χ1) is 9.90. The minimum Gasteiger partial charge on any atom is -0.397 e. The third-order valence-corrected chi connectivity index (χ3v) is 4.02. The van der Waals surface area contributed by atoms with Crippen LogP contribution in [0.3, 0.4) is 0 Å². The summed E-state index contributed by atoms with van der Waals surface area (Å²) >= 11 is 0. The van der Waals surface area contributed by atoms with E-state index in [1.54, 1.807) is 6.07 Å². The number of nitrogens with two attached hydrogens (primary N) is 1. The van der Waals surface area contributed by atoms with Crippen LogP contribution < -0.4 is 11.1 Å². The van der Waals surface area contributed by atoms with Crippen LogP contribution in [-0.2, 0) is 0 Å². The standard InChI is InChI=1S/C16H28N4O/c1-11(2)19(12(3)4)8-7-18-16(21)15-9-13(17)10-20(15)14-5-6-14/h9-12,14H,5-8,17H2,1-4H3,(H,18,21). The predicted octanol–water partition coefficient (Wildman–Crippen LogP) is 2.25. The van der Waals surface area contributed by atoms with Gasteiger partial charge in [0.25, 0.3) is 5.91 Å². The highest BCUT2D eigenvalue weighted by Crippen LogP contribution is 2.37. The fraction of sp³-hybridized carbons (Fsp3) is 0.688. The van der Waals surface area contributed by atoms with Gasteiger partial charge in [0, 0.05) is 37.4 Å². The molecule has 0 unspecified atom stereocenters. The van der Waals surface area contributed by atoms with Gasteiger partial charge in [-0.15, -0.1) is 0 Å². The molecule has 1 aliphatic carbocycles. The molecule has 0 radical (unpaired) electrons. The van der Waals surface area contributed by atoms with Gasteiger partial charge in [-0.1, -0.05) is 0 Å². The van der Waals surface area contributed by atoms with Crippen LogP contribution in [0.25, 0.3) is 0 Å². The predicted molar refractivity (Wildman–Crippen MR) is 86.4 cm³/mol. The zero-order chi connectivity index (χ0) is 15.6. The largest absolute Gasteiger partial charge is 0.397 e. The van der Waals surface area contributed by atoms with Gasteiger partial charge in [-0.25, -0.2) is 0 Å². The fourth-order valence-electron chi connectivity index (χ4n) is 2.84. The van der Waals surface area contributed by atoms with E-state index in [4.69, 9.17) is 5.73 Å². The quantitative estimate of drug-likeness (QED) is 0.810. The van der Waals surface area contributed by atoms with Crippen LogP contribution in [0, 0.1) is 0 Å². The maximum Gasteiger partial charge on any atom is 0.268 e. The second-order valence-corrected chi connectivity index (χ2v) is 6.48. The number of hydrogen-bond acceptors (Lipinski definition) is 3. The van der Waals surface area contributed by atoms with Crippen molar-refractivity contribution >= 4 is 11.6 Å². The van der Waals surface area contributed by atoms with Gasteiger partial charge < -0.3 is 15.6 Å². The Balaban J connectivity index is 1.90. The number of anilines is 1. The lowest BCUT2D eigenvalue weighted by Gasteiger charge is -2.30. The van der Waals surface area contributed by atoms with E-state index in [0.717, 1.165) is 19.4 Å². The summed E-state index contributed by atoms with van der Waals surface area (Å²) in [6.07, 6.45) is 4.16. The first-order valence-corrected chi connectivity index (χ1v) is 7.91. The molecule has 0 bridgehead atoms. The molecule has 0 saturated heterocycles. The molecule has 21 heavy (non-hydrogen) atoms. The average molecular weight is 292 g/mol. The minimum absolute atomic E-state index is 0.0222. The monoisotopic (exact) mass is 292 g/mol. The number of amides is 1. The summed E-state index contributed by atoms with van der Waals surface area (Å²) in [5, 5.41) is 3.02. The highest BCUT2D eigenvalue weighted by Gasteiger charge is 2.27. The van der Waals surface area contributed by atoms with Gasteiger partial charge in [-0.3, -0.25) is 9.69 Å². The molecular weight excluding hydrogens is 264 g/mol. The smallest absolute Gasteiger partial charge is 0.268 e. The second kappa shape index (κ2) is 6.52. The number of aromatic nitrogens is 1. The summed E-state index contributed by atoms with van der Waals surface area (Å²) in [6.45, 7) is 10.2. The third kappa shape index (κ3) is 4.00. The van der Waals surface area contributed by atoms with E-state index in [1.807, 2.05) is 10.8 Å². The van der Waals surface area contributed by atoms with Gasteiger partial charge >= 0.3 is 0 Å². The molecular formula is C16H28N4O. The number of carbonyl (C=O) groups is 1. The molecule has 0 atom stereocenters. The summed E-state index contributed by atoms with van der Waals surface area (Å²) in [4.78, 5) is 14.7. The van der Waals surface area contributed by atoms with Crippen molar-refractivity contribution in [3.8, 4) is 0 Å². The Bertz CT molecular complexity index is 480. The van der Waals surface area contributed by atoms with Crippen LogP contribution in [0.1, 0.15) is 57.1 Å². The van der Waals surface area contributed by atoms with Crippen LogP contribution in [-0.4, -0.2) is 40.5 Å². The van der Waals surface area contributed by atoms with Crippen LogP contribution in [0.2, 0.25) is 0 Å². The molecule has 1 amide bonds. The van der Waals surface area contributed by atoms with Gasteiger partial charge in [-0.05, 0) is 46.6 Å². The molecule has 1 aliphatic rings. The van der Waals surface area contributed by atoms with Crippen LogP contribution in [0.5, 0.6) is 0 Å². The van der Waals surface area contributed by atoms with Gasteiger partial charge in [0.05, 0.1) is 5.69 Å². The van der Waals surface area contributed by atoms with E-state index in [0.29, 0.717) is 36.1 Å². The molecule has 118 valence electrons. The van der Waals surface area contributed by atoms with Crippen molar-refractivity contribution in [3.05, 3.63) is 18.0 Å². The molecule has 0 aromatic carbocycles. The van der Waals surface area contributed by atoms with Crippen molar-refractivity contribution in [2.45, 2.75) is 58.7 Å². The van der Waals surface area contributed by atoms with Crippen LogP contribution in [0.4, 0.5) is 5.69 Å². The van der Waals surface area contributed by atoms with Crippen molar-refractivity contribution in [2.24, 2.45) is 0 Å². The highest BCUT2D eigenvalue weighted by atomic mass is 16.1. The molecule has 5 nitrogen and oxygen atoms in total. The number of hydrogen-bond donors (Lipinski definition) is 2. The van der Waals surface area contributed by atoms with Gasteiger partial charge in [-0.2, -0.15) is 0 Å². The first kappa shape index (κ1) is 15.9. The molecule has 1 aromatic rings. The van der Waals surface area contributed by atoms with E-state index < -0.39 is 0 Å². The van der Waals surface area contributed by atoms with Gasteiger partial charge in [0.15, 0.2) is 0 Å².